The fourth-order valence-electron chi connectivity index (χ4n) is 3.59. The van der Waals surface area contributed by atoms with Crippen molar-refractivity contribution in [2.24, 2.45) is 0 Å². The summed E-state index contributed by atoms with van der Waals surface area (Å²) >= 11 is 6.37. The smallest absolute Gasteiger partial charge is 0.289 e. The molecule has 2 heterocycles. The van der Waals surface area contributed by atoms with Crippen LogP contribution in [0, 0.1) is 0 Å². The first-order valence-corrected chi connectivity index (χ1v) is 9.24. The van der Waals surface area contributed by atoms with E-state index < -0.39 is 11.7 Å². The Balaban J connectivity index is 1.57. The summed E-state index contributed by atoms with van der Waals surface area (Å²) in [5.74, 6) is 0.568. The van der Waals surface area contributed by atoms with Gasteiger partial charge in [-0.1, -0.05) is 29.8 Å². The normalized spacial score (nSPS) is 17.9. The summed E-state index contributed by atoms with van der Waals surface area (Å²) in [6.45, 7) is 1.35. The number of aromatic nitrogens is 4. The predicted molar refractivity (Wildman–Crippen MR) is 98.0 cm³/mol. The Kier molecular flexibility index (Phi) is 5.07. The fourth-order valence-corrected chi connectivity index (χ4v) is 3.85. The van der Waals surface area contributed by atoms with Gasteiger partial charge in [-0.15, -0.1) is 5.10 Å². The second kappa shape index (κ2) is 7.52. The largest absolute Gasteiger partial charge is 0.416 e. The van der Waals surface area contributed by atoms with E-state index in [4.69, 9.17) is 11.6 Å². The first-order chi connectivity index (χ1) is 13.4. The highest BCUT2D eigenvalue weighted by atomic mass is 35.5. The third kappa shape index (κ3) is 3.74. The first kappa shape index (κ1) is 18.9. The van der Waals surface area contributed by atoms with Crippen molar-refractivity contribution in [3.8, 4) is 5.69 Å². The van der Waals surface area contributed by atoms with Crippen molar-refractivity contribution in [3.05, 3.63) is 70.5 Å². The van der Waals surface area contributed by atoms with Gasteiger partial charge in [0.25, 0.3) is 0 Å². The Morgan fingerprint density at radius 1 is 1.07 bits per heavy atom. The summed E-state index contributed by atoms with van der Waals surface area (Å²) in [5, 5.41) is 12.5. The van der Waals surface area contributed by atoms with Gasteiger partial charge < -0.3 is 0 Å². The quantitative estimate of drug-likeness (QED) is 0.630. The van der Waals surface area contributed by atoms with Gasteiger partial charge >= 0.3 is 6.18 Å². The van der Waals surface area contributed by atoms with E-state index in [0.717, 1.165) is 42.1 Å². The van der Waals surface area contributed by atoms with Gasteiger partial charge in [0, 0.05) is 11.1 Å². The van der Waals surface area contributed by atoms with Crippen molar-refractivity contribution in [2.75, 3.05) is 6.54 Å². The Bertz CT molecular complexity index is 955. The molecule has 28 heavy (non-hydrogen) atoms. The second-order valence-corrected chi connectivity index (χ2v) is 7.11. The van der Waals surface area contributed by atoms with Gasteiger partial charge in [-0.3, -0.25) is 4.90 Å². The van der Waals surface area contributed by atoms with Crippen molar-refractivity contribution < 1.29 is 13.2 Å². The Hall–Kier alpha value is -2.45. The van der Waals surface area contributed by atoms with Gasteiger partial charge in [-0.2, -0.15) is 17.9 Å². The number of rotatable bonds is 4. The van der Waals surface area contributed by atoms with Crippen molar-refractivity contribution in [1.29, 1.82) is 0 Å². The number of hydrogen-bond donors (Lipinski definition) is 0. The van der Waals surface area contributed by atoms with Crippen LogP contribution in [0.3, 0.4) is 0 Å². The highest BCUT2D eigenvalue weighted by Crippen LogP contribution is 2.36. The van der Waals surface area contributed by atoms with Crippen molar-refractivity contribution >= 4 is 11.6 Å². The number of hydrogen-bond acceptors (Lipinski definition) is 4. The average Bonchev–Trinajstić information content (AvgIpc) is 3.31. The van der Waals surface area contributed by atoms with Crippen LogP contribution in [0.4, 0.5) is 13.2 Å². The Morgan fingerprint density at radius 2 is 1.82 bits per heavy atom. The lowest BCUT2D eigenvalue weighted by atomic mass is 10.0. The zero-order valence-electron chi connectivity index (χ0n) is 14.8. The molecule has 0 saturated carbocycles. The van der Waals surface area contributed by atoms with Gasteiger partial charge in [-0.05, 0) is 65.7 Å². The van der Waals surface area contributed by atoms with E-state index in [1.807, 2.05) is 24.3 Å². The number of likely N-dealkylation sites (tertiary alicyclic amines) is 1. The minimum Gasteiger partial charge on any atom is -0.289 e. The molecule has 5 nitrogen and oxygen atoms in total. The van der Waals surface area contributed by atoms with Gasteiger partial charge in [0.15, 0.2) is 5.82 Å². The molecular formula is C19H17ClF3N5. The molecule has 0 radical (unpaired) electrons. The van der Waals surface area contributed by atoms with E-state index in [0.29, 0.717) is 18.1 Å². The van der Waals surface area contributed by atoms with Crippen LogP contribution in [-0.2, 0) is 12.7 Å². The van der Waals surface area contributed by atoms with E-state index in [2.05, 4.69) is 20.4 Å². The highest BCUT2D eigenvalue weighted by Gasteiger charge is 2.31. The zero-order chi connectivity index (χ0) is 19.7. The van der Waals surface area contributed by atoms with Gasteiger partial charge in [0.1, 0.15) is 0 Å². The molecule has 1 aliphatic heterocycles. The fraction of sp³-hybridized carbons (Fsp3) is 0.316. The van der Waals surface area contributed by atoms with Crippen LogP contribution in [-0.4, -0.2) is 31.7 Å². The van der Waals surface area contributed by atoms with Crippen LogP contribution in [0.5, 0.6) is 0 Å². The van der Waals surface area contributed by atoms with Crippen molar-refractivity contribution in [1.82, 2.24) is 25.1 Å². The molecule has 0 N–H and O–H groups in total. The molecule has 1 saturated heterocycles. The molecular weight excluding hydrogens is 391 g/mol. The van der Waals surface area contributed by atoms with Gasteiger partial charge in [0.05, 0.1) is 17.8 Å². The van der Waals surface area contributed by atoms with Crippen LogP contribution < -0.4 is 0 Å². The molecule has 0 aliphatic carbocycles. The van der Waals surface area contributed by atoms with E-state index >= 15 is 0 Å². The first-order valence-electron chi connectivity index (χ1n) is 8.87. The van der Waals surface area contributed by atoms with Gasteiger partial charge in [-0.25, -0.2) is 0 Å². The number of halogens is 4. The lowest BCUT2D eigenvalue weighted by molar-refractivity contribution is -0.137. The maximum Gasteiger partial charge on any atom is 0.416 e. The van der Waals surface area contributed by atoms with Gasteiger partial charge in [0.2, 0.25) is 0 Å². The molecule has 1 fully saturated rings. The lowest BCUT2D eigenvalue weighted by Crippen LogP contribution is -2.25. The van der Waals surface area contributed by atoms with E-state index in [9.17, 15) is 13.2 Å². The van der Waals surface area contributed by atoms with Crippen molar-refractivity contribution in [2.45, 2.75) is 31.6 Å². The minimum absolute atomic E-state index is 0.159. The van der Waals surface area contributed by atoms with E-state index in [1.165, 1.54) is 16.8 Å². The summed E-state index contributed by atoms with van der Waals surface area (Å²) in [6, 6.07) is 12.7. The number of nitrogens with zero attached hydrogens (tertiary/aromatic N) is 5. The highest BCUT2D eigenvalue weighted by molar-refractivity contribution is 6.31. The second-order valence-electron chi connectivity index (χ2n) is 6.70. The summed E-state index contributed by atoms with van der Waals surface area (Å²) < 4.78 is 39.8. The van der Waals surface area contributed by atoms with Crippen LogP contribution in [0.15, 0.2) is 48.5 Å². The maximum absolute atomic E-state index is 12.8. The number of benzene rings is 2. The third-order valence-electron chi connectivity index (χ3n) is 4.95. The molecule has 0 amide bonds. The zero-order valence-corrected chi connectivity index (χ0v) is 15.5. The Morgan fingerprint density at radius 3 is 2.54 bits per heavy atom. The monoisotopic (exact) mass is 407 g/mol. The summed E-state index contributed by atoms with van der Waals surface area (Å²) in [5.41, 5.74) is 0.848. The summed E-state index contributed by atoms with van der Waals surface area (Å²) in [6.07, 6.45) is -2.37. The lowest BCUT2D eigenvalue weighted by Gasteiger charge is -2.25. The van der Waals surface area contributed by atoms with E-state index in [-0.39, 0.29) is 6.04 Å². The number of alkyl halides is 3. The minimum atomic E-state index is -4.38. The molecule has 146 valence electrons. The predicted octanol–water partition coefficient (Wildman–Crippen LogP) is 4.67. The molecule has 1 atom stereocenters. The summed E-state index contributed by atoms with van der Waals surface area (Å²) in [4.78, 5) is 2.24. The molecule has 1 aromatic heterocycles. The van der Waals surface area contributed by atoms with Crippen LogP contribution in [0.1, 0.15) is 35.8 Å². The Labute approximate surface area is 164 Å². The standard InChI is InChI=1S/C19H17ClF3N5/c20-16-5-2-1-4-15(16)17-6-3-11-27(17)12-18-24-25-26-28(18)14-9-7-13(8-10-14)19(21,22)23/h1-2,4-5,7-10,17H,3,6,11-12H2. The molecule has 2 aromatic carbocycles. The molecule has 1 unspecified atom stereocenters. The molecule has 0 bridgehead atoms. The molecule has 9 heteroatoms. The molecule has 0 spiro atoms. The summed E-state index contributed by atoms with van der Waals surface area (Å²) in [7, 11) is 0. The molecule has 4 rings (SSSR count). The number of tetrazole rings is 1. The average molecular weight is 408 g/mol. The maximum atomic E-state index is 12.8. The molecule has 1 aliphatic rings. The van der Waals surface area contributed by atoms with Crippen LogP contribution >= 0.6 is 11.6 Å². The van der Waals surface area contributed by atoms with Crippen molar-refractivity contribution in [3.63, 3.8) is 0 Å². The third-order valence-corrected chi connectivity index (χ3v) is 5.29. The molecule has 3 aromatic rings. The van der Waals surface area contributed by atoms with E-state index in [1.54, 1.807) is 0 Å². The topological polar surface area (TPSA) is 46.8 Å². The SMILES string of the molecule is FC(F)(F)c1ccc(-n2nnnc2CN2CCCC2c2ccccc2Cl)cc1. The van der Waals surface area contributed by atoms with Crippen LogP contribution in [0.2, 0.25) is 5.02 Å². The van der Waals surface area contributed by atoms with Crippen LogP contribution in [0.25, 0.3) is 5.69 Å².